The van der Waals surface area contributed by atoms with Gasteiger partial charge in [0.05, 0.1) is 31.6 Å². The van der Waals surface area contributed by atoms with Crippen molar-refractivity contribution >= 4 is 11.2 Å². The number of fused-ring (bicyclic) bond motifs is 1. The van der Waals surface area contributed by atoms with Crippen LogP contribution in [0.1, 0.15) is 11.1 Å². The molecule has 0 radical (unpaired) electrons. The first-order chi connectivity index (χ1) is 16.7. The third kappa shape index (κ3) is 6.13. The average molecular weight is 495 g/mol. The van der Waals surface area contributed by atoms with E-state index in [-0.39, 0.29) is 23.8 Å². The Balaban J connectivity index is 1.32. The molecule has 4 rings (SSSR count). The van der Waals surface area contributed by atoms with Gasteiger partial charge in [0.15, 0.2) is 5.65 Å². The number of hydrogen-bond acceptors (Lipinski definition) is 7. The van der Waals surface area contributed by atoms with Crippen LogP contribution in [0.3, 0.4) is 0 Å². The van der Waals surface area contributed by atoms with Crippen molar-refractivity contribution in [3.8, 4) is 5.88 Å². The number of morpholine rings is 1. The van der Waals surface area contributed by atoms with Crippen molar-refractivity contribution < 1.29 is 27.0 Å². The van der Waals surface area contributed by atoms with Gasteiger partial charge in [0.1, 0.15) is 11.3 Å². The van der Waals surface area contributed by atoms with E-state index in [1.165, 1.54) is 13.3 Å². The van der Waals surface area contributed by atoms with Gasteiger partial charge >= 0.3 is 6.18 Å². The van der Waals surface area contributed by atoms with E-state index < -0.39 is 17.6 Å². The minimum absolute atomic E-state index is 0.0791. The highest BCUT2D eigenvalue weighted by Gasteiger charge is 2.31. The number of halogens is 4. The first kappa shape index (κ1) is 25.0. The highest BCUT2D eigenvalue weighted by Crippen LogP contribution is 2.30. The van der Waals surface area contributed by atoms with Gasteiger partial charge in [-0.05, 0) is 18.2 Å². The van der Waals surface area contributed by atoms with Crippen molar-refractivity contribution in [2.75, 3.05) is 39.9 Å². The third-order valence-electron chi connectivity index (χ3n) is 5.80. The van der Waals surface area contributed by atoms with Gasteiger partial charge in [0.25, 0.3) is 5.56 Å². The molecule has 0 saturated carbocycles. The summed E-state index contributed by atoms with van der Waals surface area (Å²) in [4.78, 5) is 23.1. The van der Waals surface area contributed by atoms with Gasteiger partial charge in [0, 0.05) is 50.9 Å². The van der Waals surface area contributed by atoms with Crippen LogP contribution < -0.4 is 15.6 Å². The minimum Gasteiger partial charge on any atom is -0.481 e. The minimum atomic E-state index is -4.58. The van der Waals surface area contributed by atoms with Gasteiger partial charge in [0.2, 0.25) is 5.88 Å². The van der Waals surface area contributed by atoms with Gasteiger partial charge in [-0.1, -0.05) is 6.07 Å². The number of methoxy groups -OCH3 is 1. The summed E-state index contributed by atoms with van der Waals surface area (Å²) in [5.41, 5.74) is -0.0904. The van der Waals surface area contributed by atoms with E-state index in [1.807, 2.05) is 0 Å². The molecule has 8 nitrogen and oxygen atoms in total. The zero-order valence-electron chi connectivity index (χ0n) is 19.0. The zero-order valence-corrected chi connectivity index (χ0v) is 19.0. The second-order valence-electron chi connectivity index (χ2n) is 8.17. The van der Waals surface area contributed by atoms with E-state index in [0.29, 0.717) is 62.4 Å². The Kier molecular flexibility index (Phi) is 7.63. The molecule has 0 spiro atoms. The van der Waals surface area contributed by atoms with E-state index in [9.17, 15) is 22.4 Å². The highest BCUT2D eigenvalue weighted by atomic mass is 19.4. The molecule has 3 heterocycles. The summed E-state index contributed by atoms with van der Waals surface area (Å²) in [6, 6.07) is 5.94. The summed E-state index contributed by atoms with van der Waals surface area (Å²) < 4.78 is 64.6. The Morgan fingerprint density at radius 3 is 2.80 bits per heavy atom. The second-order valence-corrected chi connectivity index (χ2v) is 8.17. The van der Waals surface area contributed by atoms with E-state index >= 15 is 0 Å². The van der Waals surface area contributed by atoms with Gasteiger partial charge in [-0.2, -0.15) is 18.2 Å². The first-order valence-corrected chi connectivity index (χ1v) is 11.1. The van der Waals surface area contributed by atoms with E-state index in [4.69, 9.17) is 9.47 Å². The summed E-state index contributed by atoms with van der Waals surface area (Å²) in [5.74, 6) is -0.514. The molecule has 1 saturated heterocycles. The molecule has 1 aromatic carbocycles. The molecular weight excluding hydrogens is 470 g/mol. The summed E-state index contributed by atoms with van der Waals surface area (Å²) in [6.07, 6.45) is -3.50. The molecule has 0 bridgehead atoms. The Morgan fingerprint density at radius 2 is 2.06 bits per heavy atom. The number of ether oxygens (including phenoxy) is 2. The van der Waals surface area contributed by atoms with Crippen LogP contribution >= 0.6 is 0 Å². The molecule has 0 amide bonds. The van der Waals surface area contributed by atoms with Crippen molar-refractivity contribution in [1.82, 2.24) is 24.8 Å². The van der Waals surface area contributed by atoms with Crippen LogP contribution in [-0.2, 0) is 24.0 Å². The SMILES string of the molecule is COc1ccc2ncc(=O)n(CCN3CCOC(CNCc4ccc(C(F)(F)F)cc4F)C3)c2n1. The lowest BCUT2D eigenvalue weighted by molar-refractivity contribution is -0.137. The van der Waals surface area contributed by atoms with Crippen LogP contribution in [0.4, 0.5) is 17.6 Å². The van der Waals surface area contributed by atoms with Gasteiger partial charge < -0.3 is 14.8 Å². The maximum Gasteiger partial charge on any atom is 0.416 e. The van der Waals surface area contributed by atoms with Crippen LogP contribution in [0, 0.1) is 5.82 Å². The summed E-state index contributed by atoms with van der Waals surface area (Å²) in [7, 11) is 1.50. The Bertz CT molecular complexity index is 1230. The summed E-state index contributed by atoms with van der Waals surface area (Å²) >= 11 is 0. The number of rotatable bonds is 8. The number of aromatic nitrogens is 3. The van der Waals surface area contributed by atoms with Crippen molar-refractivity contribution in [3.63, 3.8) is 0 Å². The zero-order chi connectivity index (χ0) is 25.0. The number of hydrogen-bond donors (Lipinski definition) is 1. The third-order valence-corrected chi connectivity index (χ3v) is 5.80. The molecule has 1 atom stereocenters. The van der Waals surface area contributed by atoms with Crippen molar-refractivity contribution in [2.45, 2.75) is 25.4 Å². The van der Waals surface area contributed by atoms with E-state index in [2.05, 4.69) is 20.2 Å². The van der Waals surface area contributed by atoms with Crippen molar-refractivity contribution in [1.29, 1.82) is 0 Å². The largest absolute Gasteiger partial charge is 0.481 e. The fraction of sp³-hybridized carbons (Fsp3) is 0.435. The molecule has 1 aliphatic rings. The summed E-state index contributed by atoms with van der Waals surface area (Å²) in [6.45, 7) is 3.19. The quantitative estimate of drug-likeness (QED) is 0.481. The Hall–Kier alpha value is -3.09. The van der Waals surface area contributed by atoms with Crippen LogP contribution in [0.2, 0.25) is 0 Å². The second kappa shape index (κ2) is 10.7. The molecule has 3 aromatic rings. The monoisotopic (exact) mass is 495 g/mol. The molecule has 1 unspecified atom stereocenters. The fourth-order valence-electron chi connectivity index (χ4n) is 3.93. The van der Waals surface area contributed by atoms with Gasteiger partial charge in [-0.3, -0.25) is 14.3 Å². The molecule has 0 aliphatic carbocycles. The average Bonchev–Trinajstić information content (AvgIpc) is 2.83. The van der Waals surface area contributed by atoms with E-state index in [1.54, 1.807) is 16.7 Å². The molecule has 188 valence electrons. The van der Waals surface area contributed by atoms with Crippen LogP contribution in [0.5, 0.6) is 5.88 Å². The van der Waals surface area contributed by atoms with Gasteiger partial charge in [-0.25, -0.2) is 9.37 Å². The predicted molar refractivity (Wildman–Crippen MR) is 120 cm³/mol. The molecule has 2 aromatic heterocycles. The van der Waals surface area contributed by atoms with Crippen molar-refractivity contribution in [2.24, 2.45) is 0 Å². The summed E-state index contributed by atoms with van der Waals surface area (Å²) in [5, 5.41) is 3.05. The Labute approximate surface area is 198 Å². The molecule has 35 heavy (non-hydrogen) atoms. The number of alkyl halides is 3. The Morgan fingerprint density at radius 1 is 1.23 bits per heavy atom. The lowest BCUT2D eigenvalue weighted by Gasteiger charge is -2.33. The molecule has 1 fully saturated rings. The topological polar surface area (TPSA) is 81.5 Å². The van der Waals surface area contributed by atoms with Crippen LogP contribution in [-0.4, -0.2) is 65.4 Å². The predicted octanol–water partition coefficient (Wildman–Crippen LogP) is 2.45. The number of nitrogens with one attached hydrogen (secondary N) is 1. The van der Waals surface area contributed by atoms with Crippen LogP contribution in [0.15, 0.2) is 41.3 Å². The maximum atomic E-state index is 14.0. The lowest BCUT2D eigenvalue weighted by atomic mass is 10.1. The molecule has 12 heteroatoms. The van der Waals surface area contributed by atoms with Gasteiger partial charge in [-0.15, -0.1) is 0 Å². The number of benzene rings is 1. The maximum absolute atomic E-state index is 14.0. The van der Waals surface area contributed by atoms with Crippen molar-refractivity contribution in [3.05, 3.63) is 63.8 Å². The van der Waals surface area contributed by atoms with E-state index in [0.717, 1.165) is 12.1 Å². The lowest BCUT2D eigenvalue weighted by Crippen LogP contribution is -2.47. The molecular formula is C23H25F4N5O3. The highest BCUT2D eigenvalue weighted by molar-refractivity contribution is 5.70. The standard InChI is InChI=1S/C23H25F4N5O3/c1-34-20-5-4-19-22(30-20)32(21(33)13-29-19)7-6-31-8-9-35-17(14-31)12-28-11-15-2-3-16(10-18(15)24)23(25,26)27/h2-5,10,13,17,28H,6-9,11-12,14H2,1H3. The normalized spacial score (nSPS) is 17.1. The molecule has 1 N–H and O–H groups in total. The van der Waals surface area contributed by atoms with Crippen LogP contribution in [0.25, 0.3) is 11.2 Å². The smallest absolute Gasteiger partial charge is 0.416 e. The fourth-order valence-corrected chi connectivity index (χ4v) is 3.93. The number of pyridine rings is 1. The number of nitrogens with zero attached hydrogens (tertiary/aromatic N) is 4. The molecule has 1 aliphatic heterocycles. The first-order valence-electron chi connectivity index (χ1n) is 11.1.